The molecule has 1 aromatic rings. The molecule has 3 atom stereocenters. The molecular weight excluding hydrogens is 336 g/mol. The molecule has 3 unspecified atom stereocenters. The number of hydrogen-bond donors (Lipinski definition) is 2. The number of nitrogens with zero attached hydrogens (tertiary/aromatic N) is 2. The molecule has 0 radical (unpaired) electrons. The van der Waals surface area contributed by atoms with E-state index in [1.54, 1.807) is 11.8 Å². The molecule has 0 aromatic heterocycles. The lowest BCUT2D eigenvalue weighted by atomic mass is 9.87. The van der Waals surface area contributed by atoms with Crippen molar-refractivity contribution in [3.63, 3.8) is 0 Å². The summed E-state index contributed by atoms with van der Waals surface area (Å²) in [6.07, 6.45) is -0.308. The van der Waals surface area contributed by atoms with Crippen LogP contribution in [0.15, 0.2) is 24.3 Å². The Kier molecular flexibility index (Phi) is 4.69. The first-order chi connectivity index (χ1) is 12.7. The Morgan fingerprint density at radius 2 is 1.88 bits per heavy atom. The Bertz CT molecular complexity index is 690. The van der Waals surface area contributed by atoms with E-state index in [4.69, 9.17) is 9.47 Å². The number of hydrazine groups is 1. The van der Waals surface area contributed by atoms with Crippen molar-refractivity contribution < 1.29 is 19.1 Å². The lowest BCUT2D eigenvalue weighted by Gasteiger charge is -2.36. The summed E-state index contributed by atoms with van der Waals surface area (Å²) in [4.78, 5) is 28.3. The number of carbonyl (C=O) groups excluding carboxylic acids is 2. The summed E-state index contributed by atoms with van der Waals surface area (Å²) in [6.45, 7) is 4.68. The quantitative estimate of drug-likeness (QED) is 0.800. The van der Waals surface area contributed by atoms with Gasteiger partial charge in [-0.15, -0.1) is 0 Å². The molecule has 140 valence electrons. The molecule has 0 saturated carbocycles. The third-order valence-corrected chi connectivity index (χ3v) is 5.32. The van der Waals surface area contributed by atoms with Crippen molar-refractivity contribution in [1.29, 1.82) is 0 Å². The molecule has 2 saturated heterocycles. The molecular formula is C18H24N4O4. The number of nitrogens with one attached hydrogen (secondary N) is 2. The standard InChI is InChI=1S/C18H24N4O4/c1-2-25-18(24)22-9-7-21(8-10-22)17(23)16-13-11-26-14-6-4-3-5-12(14)15(13)19-20-16/h3-6,13,15-16,19-20H,2,7-11H2,1H3. The molecule has 8 nitrogen and oxygen atoms in total. The van der Waals surface area contributed by atoms with E-state index in [9.17, 15) is 9.59 Å². The van der Waals surface area contributed by atoms with Gasteiger partial charge in [0, 0.05) is 37.7 Å². The lowest BCUT2D eigenvalue weighted by molar-refractivity contribution is -0.136. The van der Waals surface area contributed by atoms with E-state index in [0.717, 1.165) is 11.3 Å². The number of benzene rings is 1. The first kappa shape index (κ1) is 17.1. The van der Waals surface area contributed by atoms with Crippen LogP contribution >= 0.6 is 0 Å². The molecule has 2 amide bonds. The molecule has 26 heavy (non-hydrogen) atoms. The van der Waals surface area contributed by atoms with Crippen LogP contribution in [0, 0.1) is 5.92 Å². The second kappa shape index (κ2) is 7.13. The number of rotatable bonds is 2. The molecule has 4 rings (SSSR count). The van der Waals surface area contributed by atoms with Crippen LogP contribution in [-0.2, 0) is 9.53 Å². The van der Waals surface area contributed by atoms with Gasteiger partial charge in [0.15, 0.2) is 0 Å². The highest BCUT2D eigenvalue weighted by Crippen LogP contribution is 2.39. The lowest BCUT2D eigenvalue weighted by Crippen LogP contribution is -2.56. The third kappa shape index (κ3) is 2.99. The van der Waals surface area contributed by atoms with Crippen LogP contribution in [0.2, 0.25) is 0 Å². The van der Waals surface area contributed by atoms with E-state index >= 15 is 0 Å². The molecule has 0 spiro atoms. The Hall–Kier alpha value is -2.32. The highest BCUT2D eigenvalue weighted by molar-refractivity contribution is 5.83. The number of hydrogen-bond acceptors (Lipinski definition) is 6. The van der Waals surface area contributed by atoms with E-state index in [2.05, 4.69) is 10.9 Å². The van der Waals surface area contributed by atoms with Gasteiger partial charge in [0.05, 0.1) is 19.3 Å². The van der Waals surface area contributed by atoms with E-state index in [0.29, 0.717) is 39.4 Å². The predicted octanol–water partition coefficient (Wildman–Crippen LogP) is 0.513. The van der Waals surface area contributed by atoms with Crippen LogP contribution in [0.1, 0.15) is 18.5 Å². The third-order valence-electron chi connectivity index (χ3n) is 5.32. The zero-order valence-corrected chi connectivity index (χ0v) is 14.8. The van der Waals surface area contributed by atoms with Crippen molar-refractivity contribution in [3.8, 4) is 5.75 Å². The first-order valence-corrected chi connectivity index (χ1v) is 9.12. The fourth-order valence-corrected chi connectivity index (χ4v) is 3.91. The molecule has 3 aliphatic heterocycles. The van der Waals surface area contributed by atoms with Crippen molar-refractivity contribution in [2.24, 2.45) is 5.92 Å². The Labute approximate surface area is 152 Å². The zero-order valence-electron chi connectivity index (χ0n) is 14.8. The molecule has 2 fully saturated rings. The van der Waals surface area contributed by atoms with Crippen LogP contribution in [0.3, 0.4) is 0 Å². The predicted molar refractivity (Wildman–Crippen MR) is 93.4 cm³/mol. The molecule has 3 heterocycles. The largest absolute Gasteiger partial charge is 0.493 e. The fourth-order valence-electron chi connectivity index (χ4n) is 3.91. The second-order valence-electron chi connectivity index (χ2n) is 6.77. The van der Waals surface area contributed by atoms with Crippen molar-refractivity contribution in [2.45, 2.75) is 19.0 Å². The summed E-state index contributed by atoms with van der Waals surface area (Å²) in [7, 11) is 0. The Balaban J connectivity index is 1.39. The fraction of sp³-hybridized carbons (Fsp3) is 0.556. The summed E-state index contributed by atoms with van der Waals surface area (Å²) in [5, 5.41) is 0. The molecule has 3 aliphatic rings. The molecule has 2 N–H and O–H groups in total. The summed E-state index contributed by atoms with van der Waals surface area (Å²) in [6, 6.07) is 7.66. The van der Waals surface area contributed by atoms with E-state index in [-0.39, 0.29) is 30.0 Å². The number of carbonyl (C=O) groups is 2. The van der Waals surface area contributed by atoms with Gasteiger partial charge in [-0.1, -0.05) is 18.2 Å². The van der Waals surface area contributed by atoms with Crippen molar-refractivity contribution in [3.05, 3.63) is 29.8 Å². The van der Waals surface area contributed by atoms with Gasteiger partial charge in [0.1, 0.15) is 11.8 Å². The average molecular weight is 360 g/mol. The molecule has 1 aromatic carbocycles. The van der Waals surface area contributed by atoms with E-state index in [1.165, 1.54) is 0 Å². The minimum absolute atomic E-state index is 0.0421. The van der Waals surface area contributed by atoms with Crippen LogP contribution in [0.25, 0.3) is 0 Å². The van der Waals surface area contributed by atoms with Gasteiger partial charge in [-0.2, -0.15) is 0 Å². The second-order valence-corrected chi connectivity index (χ2v) is 6.77. The number of amides is 2. The average Bonchev–Trinajstić information content (AvgIpc) is 3.12. The summed E-state index contributed by atoms with van der Waals surface area (Å²) < 4.78 is 10.9. The van der Waals surface area contributed by atoms with Gasteiger partial charge in [0.2, 0.25) is 5.91 Å². The summed E-state index contributed by atoms with van der Waals surface area (Å²) >= 11 is 0. The van der Waals surface area contributed by atoms with Crippen LogP contribution in [0.4, 0.5) is 4.79 Å². The maximum atomic E-state index is 13.0. The van der Waals surface area contributed by atoms with Gasteiger partial charge in [-0.05, 0) is 13.0 Å². The van der Waals surface area contributed by atoms with Crippen LogP contribution < -0.4 is 15.6 Å². The number of ether oxygens (including phenoxy) is 2. The SMILES string of the molecule is CCOC(=O)N1CCN(C(=O)C2NNC3c4ccccc4OCC23)CC1. The van der Waals surface area contributed by atoms with Crippen LogP contribution in [-0.4, -0.2) is 67.2 Å². The summed E-state index contributed by atoms with van der Waals surface area (Å²) in [5.41, 5.74) is 7.51. The van der Waals surface area contributed by atoms with E-state index < -0.39 is 0 Å². The first-order valence-electron chi connectivity index (χ1n) is 9.12. The maximum Gasteiger partial charge on any atom is 0.409 e. The summed E-state index contributed by atoms with van der Waals surface area (Å²) in [5.74, 6) is 0.969. The van der Waals surface area contributed by atoms with Crippen molar-refractivity contribution in [1.82, 2.24) is 20.7 Å². The van der Waals surface area contributed by atoms with Crippen LogP contribution in [0.5, 0.6) is 5.75 Å². The van der Waals surface area contributed by atoms with Crippen molar-refractivity contribution in [2.75, 3.05) is 39.4 Å². The zero-order chi connectivity index (χ0) is 18.1. The number of para-hydroxylation sites is 1. The maximum absolute atomic E-state index is 13.0. The number of fused-ring (bicyclic) bond motifs is 3. The molecule has 0 aliphatic carbocycles. The van der Waals surface area contributed by atoms with Gasteiger partial charge in [0.25, 0.3) is 0 Å². The van der Waals surface area contributed by atoms with Gasteiger partial charge >= 0.3 is 6.09 Å². The smallest absolute Gasteiger partial charge is 0.409 e. The molecule has 8 heteroatoms. The van der Waals surface area contributed by atoms with Gasteiger partial charge in [-0.3, -0.25) is 4.79 Å². The van der Waals surface area contributed by atoms with Crippen molar-refractivity contribution >= 4 is 12.0 Å². The molecule has 0 bridgehead atoms. The minimum Gasteiger partial charge on any atom is -0.493 e. The Morgan fingerprint density at radius 1 is 1.15 bits per heavy atom. The normalized spacial score (nSPS) is 27.3. The Morgan fingerprint density at radius 3 is 2.65 bits per heavy atom. The highest BCUT2D eigenvalue weighted by Gasteiger charge is 2.46. The van der Waals surface area contributed by atoms with Gasteiger partial charge < -0.3 is 19.3 Å². The highest BCUT2D eigenvalue weighted by atomic mass is 16.6. The van der Waals surface area contributed by atoms with Gasteiger partial charge in [-0.25, -0.2) is 15.6 Å². The minimum atomic E-state index is -0.331. The van der Waals surface area contributed by atoms with E-state index in [1.807, 2.05) is 29.2 Å². The number of piperazine rings is 1. The topological polar surface area (TPSA) is 83.1 Å². The monoisotopic (exact) mass is 360 g/mol.